The Morgan fingerprint density at radius 1 is 1.22 bits per heavy atom. The zero-order valence-corrected chi connectivity index (χ0v) is 16.3. The van der Waals surface area contributed by atoms with E-state index in [9.17, 15) is 9.18 Å². The van der Waals surface area contributed by atoms with Crippen LogP contribution in [0.25, 0.3) is 0 Å². The van der Waals surface area contributed by atoms with Crippen molar-refractivity contribution in [1.29, 1.82) is 0 Å². The molecule has 27 heavy (non-hydrogen) atoms. The van der Waals surface area contributed by atoms with E-state index in [4.69, 9.17) is 0 Å². The number of halogens is 1. The summed E-state index contributed by atoms with van der Waals surface area (Å²) in [7, 11) is 3.32. The molecule has 2 rings (SSSR count). The van der Waals surface area contributed by atoms with Gasteiger partial charge in [-0.25, -0.2) is 4.39 Å². The zero-order chi connectivity index (χ0) is 19.8. The predicted molar refractivity (Wildman–Crippen MR) is 108 cm³/mol. The van der Waals surface area contributed by atoms with Crippen molar-refractivity contribution in [3.63, 3.8) is 0 Å². The highest BCUT2D eigenvalue weighted by atomic mass is 19.1. The van der Waals surface area contributed by atoms with Crippen LogP contribution < -0.4 is 16.0 Å². The first-order valence-electron chi connectivity index (χ1n) is 8.99. The molecule has 0 saturated heterocycles. The number of hydrogen-bond acceptors (Lipinski definition) is 2. The third-order valence-electron chi connectivity index (χ3n) is 4.40. The molecular weight excluding hydrogens is 343 g/mol. The fourth-order valence-electron chi connectivity index (χ4n) is 2.70. The maximum Gasteiger partial charge on any atom is 0.251 e. The quantitative estimate of drug-likeness (QED) is 0.541. The van der Waals surface area contributed by atoms with Crippen molar-refractivity contribution in [2.75, 3.05) is 20.6 Å². The average Bonchev–Trinajstić information content (AvgIpc) is 2.68. The molecular formula is C21H27FN4O. The number of hydrogen-bond donors (Lipinski definition) is 3. The van der Waals surface area contributed by atoms with Gasteiger partial charge in [-0.05, 0) is 55.2 Å². The van der Waals surface area contributed by atoms with Crippen molar-refractivity contribution in [2.45, 2.75) is 26.3 Å². The fourth-order valence-corrected chi connectivity index (χ4v) is 2.70. The van der Waals surface area contributed by atoms with Crippen molar-refractivity contribution in [1.82, 2.24) is 16.0 Å². The highest BCUT2D eigenvalue weighted by molar-refractivity contribution is 5.94. The lowest BCUT2D eigenvalue weighted by molar-refractivity contribution is 0.0963. The molecule has 0 spiro atoms. The summed E-state index contributed by atoms with van der Waals surface area (Å²) >= 11 is 0. The van der Waals surface area contributed by atoms with Crippen molar-refractivity contribution >= 4 is 11.9 Å². The Hall–Kier alpha value is -2.89. The Morgan fingerprint density at radius 3 is 2.67 bits per heavy atom. The predicted octanol–water partition coefficient (Wildman–Crippen LogP) is 2.96. The Morgan fingerprint density at radius 2 is 2.00 bits per heavy atom. The Balaban J connectivity index is 1.90. The topological polar surface area (TPSA) is 65.5 Å². The number of carbonyl (C=O) groups is 1. The van der Waals surface area contributed by atoms with Gasteiger partial charge in [0.2, 0.25) is 0 Å². The molecule has 0 bridgehead atoms. The molecule has 6 heteroatoms. The number of aliphatic imine (C=N–C) groups is 1. The molecule has 1 unspecified atom stereocenters. The molecule has 144 valence electrons. The molecule has 0 saturated carbocycles. The summed E-state index contributed by atoms with van der Waals surface area (Å²) in [4.78, 5) is 15.9. The second kappa shape index (κ2) is 9.71. The zero-order valence-electron chi connectivity index (χ0n) is 16.3. The van der Waals surface area contributed by atoms with E-state index < -0.39 is 0 Å². The van der Waals surface area contributed by atoms with Gasteiger partial charge in [0.1, 0.15) is 5.82 Å². The Labute approximate surface area is 160 Å². The normalized spacial score (nSPS) is 12.4. The van der Waals surface area contributed by atoms with Crippen LogP contribution in [-0.4, -0.2) is 32.5 Å². The van der Waals surface area contributed by atoms with Gasteiger partial charge >= 0.3 is 0 Å². The molecule has 0 aromatic heterocycles. The maximum atomic E-state index is 13.8. The van der Waals surface area contributed by atoms with Crippen LogP contribution in [0.4, 0.5) is 4.39 Å². The second-order valence-corrected chi connectivity index (χ2v) is 6.40. The summed E-state index contributed by atoms with van der Waals surface area (Å²) in [5, 5.41) is 9.14. The standard InChI is InChI=1S/C21H27FN4O/c1-14-8-9-17(13-19(14)22)15(2)26-21(24-4)25-11-10-16-6-5-7-18(12-16)20(27)23-3/h5-9,12-13,15H,10-11H2,1-4H3,(H,23,27)(H2,24,25,26). The van der Waals surface area contributed by atoms with Crippen molar-refractivity contribution in [2.24, 2.45) is 4.99 Å². The van der Waals surface area contributed by atoms with E-state index in [1.807, 2.05) is 31.2 Å². The third-order valence-corrected chi connectivity index (χ3v) is 4.40. The van der Waals surface area contributed by atoms with Crippen LogP contribution in [0.15, 0.2) is 47.5 Å². The largest absolute Gasteiger partial charge is 0.356 e. The molecule has 0 fully saturated rings. The van der Waals surface area contributed by atoms with Crippen LogP contribution >= 0.6 is 0 Å². The van der Waals surface area contributed by atoms with Gasteiger partial charge in [-0.2, -0.15) is 0 Å². The van der Waals surface area contributed by atoms with Crippen LogP contribution in [-0.2, 0) is 6.42 Å². The first kappa shape index (κ1) is 20.4. The Bertz CT molecular complexity index is 820. The number of aryl methyl sites for hydroxylation is 1. The number of nitrogens with one attached hydrogen (secondary N) is 3. The summed E-state index contributed by atoms with van der Waals surface area (Å²) in [5.74, 6) is 0.340. The fraction of sp³-hybridized carbons (Fsp3) is 0.333. The van der Waals surface area contributed by atoms with Crippen LogP contribution in [0, 0.1) is 12.7 Å². The number of carbonyl (C=O) groups excluding carboxylic acids is 1. The molecule has 1 atom stereocenters. The molecule has 2 aromatic rings. The third kappa shape index (κ3) is 5.81. The maximum absolute atomic E-state index is 13.8. The van der Waals surface area contributed by atoms with E-state index in [0.29, 0.717) is 23.6 Å². The number of rotatable bonds is 6. The minimum Gasteiger partial charge on any atom is -0.356 e. The van der Waals surface area contributed by atoms with Crippen LogP contribution in [0.5, 0.6) is 0 Å². The number of benzene rings is 2. The molecule has 0 heterocycles. The van der Waals surface area contributed by atoms with Crippen molar-refractivity contribution < 1.29 is 9.18 Å². The lowest BCUT2D eigenvalue weighted by atomic mass is 10.1. The highest BCUT2D eigenvalue weighted by Crippen LogP contribution is 2.16. The van der Waals surface area contributed by atoms with Crippen LogP contribution in [0.3, 0.4) is 0 Å². The van der Waals surface area contributed by atoms with Gasteiger partial charge in [0.15, 0.2) is 5.96 Å². The SMILES string of the molecule is CN=C(NCCc1cccc(C(=O)NC)c1)NC(C)c1ccc(C)c(F)c1. The van der Waals surface area contributed by atoms with E-state index in [1.165, 1.54) is 0 Å². The van der Waals surface area contributed by atoms with E-state index in [0.717, 1.165) is 17.5 Å². The van der Waals surface area contributed by atoms with Gasteiger partial charge in [-0.15, -0.1) is 0 Å². The molecule has 5 nitrogen and oxygen atoms in total. The van der Waals surface area contributed by atoms with E-state index >= 15 is 0 Å². The minimum atomic E-state index is -0.208. The van der Waals surface area contributed by atoms with Crippen molar-refractivity contribution in [3.05, 3.63) is 70.5 Å². The first-order valence-corrected chi connectivity index (χ1v) is 8.99. The number of amides is 1. The van der Waals surface area contributed by atoms with Crippen LogP contribution in [0.2, 0.25) is 0 Å². The van der Waals surface area contributed by atoms with Gasteiger partial charge in [0.05, 0.1) is 6.04 Å². The monoisotopic (exact) mass is 370 g/mol. The lowest BCUT2D eigenvalue weighted by Crippen LogP contribution is -2.39. The molecule has 0 aliphatic carbocycles. The first-order chi connectivity index (χ1) is 12.9. The smallest absolute Gasteiger partial charge is 0.251 e. The summed E-state index contributed by atoms with van der Waals surface area (Å²) in [6.45, 7) is 4.37. The van der Waals surface area contributed by atoms with Crippen LogP contribution in [0.1, 0.15) is 40.0 Å². The summed E-state index contributed by atoms with van der Waals surface area (Å²) in [6, 6.07) is 12.7. The van der Waals surface area contributed by atoms with Crippen molar-refractivity contribution in [3.8, 4) is 0 Å². The Kier molecular flexibility index (Phi) is 7.34. The summed E-state index contributed by atoms with van der Waals surface area (Å²) < 4.78 is 13.8. The molecule has 0 aliphatic rings. The molecule has 3 N–H and O–H groups in total. The molecule has 1 amide bonds. The van der Waals surface area contributed by atoms with Gasteiger partial charge in [0.25, 0.3) is 5.91 Å². The minimum absolute atomic E-state index is 0.0807. The van der Waals surface area contributed by atoms with E-state index in [-0.39, 0.29) is 17.8 Å². The lowest BCUT2D eigenvalue weighted by Gasteiger charge is -2.18. The summed E-state index contributed by atoms with van der Waals surface area (Å²) in [5.41, 5.74) is 3.20. The second-order valence-electron chi connectivity index (χ2n) is 6.40. The molecule has 0 aliphatic heterocycles. The number of guanidine groups is 1. The average molecular weight is 370 g/mol. The summed E-state index contributed by atoms with van der Waals surface area (Å²) in [6.07, 6.45) is 0.749. The molecule has 2 aromatic carbocycles. The van der Waals surface area contributed by atoms with Gasteiger partial charge < -0.3 is 16.0 Å². The number of nitrogens with zero attached hydrogens (tertiary/aromatic N) is 1. The highest BCUT2D eigenvalue weighted by Gasteiger charge is 2.10. The van der Waals surface area contributed by atoms with E-state index in [2.05, 4.69) is 20.9 Å². The van der Waals surface area contributed by atoms with Gasteiger partial charge in [-0.1, -0.05) is 24.3 Å². The molecule has 0 radical (unpaired) electrons. The van der Waals surface area contributed by atoms with Gasteiger partial charge in [-0.3, -0.25) is 9.79 Å². The van der Waals surface area contributed by atoms with Gasteiger partial charge in [0, 0.05) is 26.2 Å². The van der Waals surface area contributed by atoms with E-state index in [1.54, 1.807) is 39.2 Å².